The van der Waals surface area contributed by atoms with E-state index in [-0.39, 0.29) is 11.0 Å². The molecule has 0 spiro atoms. The van der Waals surface area contributed by atoms with Crippen LogP contribution in [-0.4, -0.2) is 32.7 Å². The molecular formula is C15H18N2O3S. The number of sulfonamides is 1. The highest BCUT2D eigenvalue weighted by Crippen LogP contribution is 2.22. The number of rotatable bonds is 4. The van der Waals surface area contributed by atoms with Crippen molar-refractivity contribution in [1.82, 2.24) is 9.71 Å². The Morgan fingerprint density at radius 1 is 1.43 bits per heavy atom. The molecular weight excluding hydrogens is 288 g/mol. The van der Waals surface area contributed by atoms with E-state index in [1.807, 2.05) is 19.1 Å². The number of hydrogen-bond donors (Lipinski definition) is 1. The third-order valence-corrected chi connectivity index (χ3v) is 5.08. The van der Waals surface area contributed by atoms with Crippen molar-refractivity contribution in [3.63, 3.8) is 0 Å². The number of aromatic nitrogens is 1. The lowest BCUT2D eigenvalue weighted by molar-refractivity contribution is 0.114. The fraction of sp³-hybridized carbons (Fsp3) is 0.400. The average molecular weight is 306 g/mol. The van der Waals surface area contributed by atoms with Gasteiger partial charge in [0.2, 0.25) is 10.0 Å². The molecule has 112 valence electrons. The normalized spacial score (nSPS) is 19.2. The molecule has 1 fully saturated rings. The van der Waals surface area contributed by atoms with Crippen LogP contribution in [0.15, 0.2) is 35.4 Å². The minimum absolute atomic E-state index is 0.0232. The lowest BCUT2D eigenvalue weighted by Crippen LogP contribution is -2.32. The van der Waals surface area contributed by atoms with Gasteiger partial charge in [0.25, 0.3) is 0 Å². The average Bonchev–Trinajstić information content (AvgIpc) is 2.97. The number of aryl methyl sites for hydroxylation is 1. The van der Waals surface area contributed by atoms with Gasteiger partial charge in [0.05, 0.1) is 11.6 Å². The van der Waals surface area contributed by atoms with Crippen LogP contribution in [0, 0.1) is 6.92 Å². The van der Waals surface area contributed by atoms with Crippen LogP contribution in [-0.2, 0) is 14.8 Å². The highest BCUT2D eigenvalue weighted by atomic mass is 32.2. The van der Waals surface area contributed by atoms with Crippen molar-refractivity contribution < 1.29 is 13.2 Å². The summed E-state index contributed by atoms with van der Waals surface area (Å²) in [5.74, 6) is 0. The first-order valence-corrected chi connectivity index (χ1v) is 8.51. The number of para-hydroxylation sites is 1. The maximum atomic E-state index is 12.5. The largest absolute Gasteiger partial charge is 0.377 e. The Morgan fingerprint density at radius 3 is 3.05 bits per heavy atom. The minimum atomic E-state index is -3.58. The molecule has 3 rings (SSSR count). The predicted molar refractivity (Wildman–Crippen MR) is 80.6 cm³/mol. The molecule has 1 saturated heterocycles. The third kappa shape index (κ3) is 3.07. The Bertz CT molecular complexity index is 753. The van der Waals surface area contributed by atoms with Crippen LogP contribution in [0.1, 0.15) is 18.4 Å². The Kier molecular flexibility index (Phi) is 3.93. The second-order valence-corrected chi connectivity index (χ2v) is 7.06. The quantitative estimate of drug-likeness (QED) is 0.938. The number of fused-ring (bicyclic) bond motifs is 1. The number of nitrogens with one attached hydrogen (secondary N) is 1. The van der Waals surface area contributed by atoms with E-state index in [0.29, 0.717) is 18.7 Å². The van der Waals surface area contributed by atoms with Gasteiger partial charge in [0.15, 0.2) is 0 Å². The van der Waals surface area contributed by atoms with Crippen molar-refractivity contribution in [2.45, 2.75) is 30.8 Å². The zero-order valence-electron chi connectivity index (χ0n) is 11.9. The standard InChI is InChI=1S/C15H18N2O3S/c1-11-8-12-4-2-6-14(15(12)16-9-11)21(18,19)17-10-13-5-3-7-20-13/h2,4,6,8-9,13,17H,3,5,7,10H2,1H3/t13-/m1/s1. The maximum absolute atomic E-state index is 12.5. The van der Waals surface area contributed by atoms with Crippen LogP contribution in [0.3, 0.4) is 0 Å². The molecule has 1 aliphatic rings. The first-order chi connectivity index (χ1) is 10.1. The number of ether oxygens (including phenoxy) is 1. The molecule has 5 nitrogen and oxygen atoms in total. The van der Waals surface area contributed by atoms with Crippen molar-refractivity contribution in [3.05, 3.63) is 36.0 Å². The lowest BCUT2D eigenvalue weighted by Gasteiger charge is -2.12. The molecule has 1 aromatic heterocycles. The Labute approximate surface area is 124 Å². The molecule has 0 bridgehead atoms. The molecule has 2 aromatic rings. The van der Waals surface area contributed by atoms with Crippen molar-refractivity contribution >= 4 is 20.9 Å². The summed E-state index contributed by atoms with van der Waals surface area (Å²) in [4.78, 5) is 4.50. The van der Waals surface area contributed by atoms with E-state index in [1.165, 1.54) is 0 Å². The van der Waals surface area contributed by atoms with Gasteiger partial charge in [0, 0.05) is 24.7 Å². The van der Waals surface area contributed by atoms with Crippen LogP contribution in [0.2, 0.25) is 0 Å². The molecule has 1 aromatic carbocycles. The summed E-state index contributed by atoms with van der Waals surface area (Å²) in [5.41, 5.74) is 1.51. The number of pyridine rings is 1. The van der Waals surface area contributed by atoms with Gasteiger partial charge >= 0.3 is 0 Å². The molecule has 0 radical (unpaired) electrons. The van der Waals surface area contributed by atoms with Gasteiger partial charge in [-0.1, -0.05) is 12.1 Å². The fourth-order valence-electron chi connectivity index (χ4n) is 2.55. The minimum Gasteiger partial charge on any atom is -0.377 e. The summed E-state index contributed by atoms with van der Waals surface area (Å²) in [5, 5.41) is 0.829. The molecule has 21 heavy (non-hydrogen) atoms. The van der Waals surface area contributed by atoms with Crippen molar-refractivity contribution in [2.75, 3.05) is 13.2 Å². The first-order valence-electron chi connectivity index (χ1n) is 7.03. The van der Waals surface area contributed by atoms with Crippen LogP contribution in [0.25, 0.3) is 10.9 Å². The van der Waals surface area contributed by atoms with E-state index in [2.05, 4.69) is 9.71 Å². The highest BCUT2D eigenvalue weighted by molar-refractivity contribution is 7.89. The van der Waals surface area contributed by atoms with Gasteiger partial charge in [0.1, 0.15) is 4.90 Å². The lowest BCUT2D eigenvalue weighted by atomic mass is 10.2. The van der Waals surface area contributed by atoms with E-state index in [0.717, 1.165) is 23.8 Å². The summed E-state index contributed by atoms with van der Waals surface area (Å²) < 4.78 is 33.0. The zero-order valence-corrected chi connectivity index (χ0v) is 12.7. The Hall–Kier alpha value is -1.50. The maximum Gasteiger partial charge on any atom is 0.242 e. The van der Waals surface area contributed by atoms with Gasteiger partial charge in [-0.15, -0.1) is 0 Å². The predicted octanol–water partition coefficient (Wildman–Crippen LogP) is 2.00. The summed E-state index contributed by atoms with van der Waals surface area (Å²) >= 11 is 0. The molecule has 0 saturated carbocycles. The van der Waals surface area contributed by atoms with E-state index in [1.54, 1.807) is 18.3 Å². The van der Waals surface area contributed by atoms with Gasteiger partial charge in [-0.2, -0.15) is 0 Å². The smallest absolute Gasteiger partial charge is 0.242 e. The summed E-state index contributed by atoms with van der Waals surface area (Å²) in [6.07, 6.45) is 3.54. The second kappa shape index (κ2) is 5.71. The van der Waals surface area contributed by atoms with Crippen LogP contribution < -0.4 is 4.72 Å². The highest BCUT2D eigenvalue weighted by Gasteiger charge is 2.22. The molecule has 6 heteroatoms. The first kappa shape index (κ1) is 14.4. The van der Waals surface area contributed by atoms with E-state index >= 15 is 0 Å². The Morgan fingerprint density at radius 2 is 2.29 bits per heavy atom. The van der Waals surface area contributed by atoms with Crippen LogP contribution in [0.5, 0.6) is 0 Å². The molecule has 0 amide bonds. The number of benzene rings is 1. The molecule has 2 heterocycles. The number of nitrogens with zero attached hydrogens (tertiary/aromatic N) is 1. The summed E-state index contributed by atoms with van der Waals surface area (Å²) in [7, 11) is -3.58. The van der Waals surface area contributed by atoms with Gasteiger partial charge < -0.3 is 4.74 Å². The summed E-state index contributed by atoms with van der Waals surface area (Å²) in [6, 6.07) is 7.13. The molecule has 0 aliphatic carbocycles. The van der Waals surface area contributed by atoms with Gasteiger partial charge in [-0.25, -0.2) is 13.1 Å². The number of hydrogen-bond acceptors (Lipinski definition) is 4. The van der Waals surface area contributed by atoms with Gasteiger partial charge in [-0.3, -0.25) is 4.98 Å². The van der Waals surface area contributed by atoms with E-state index in [9.17, 15) is 8.42 Å². The second-order valence-electron chi connectivity index (χ2n) is 5.33. The monoisotopic (exact) mass is 306 g/mol. The molecule has 0 unspecified atom stereocenters. The van der Waals surface area contributed by atoms with Crippen LogP contribution >= 0.6 is 0 Å². The summed E-state index contributed by atoms with van der Waals surface area (Å²) in [6.45, 7) is 2.95. The molecule has 1 N–H and O–H groups in total. The zero-order chi connectivity index (χ0) is 14.9. The van der Waals surface area contributed by atoms with Crippen LogP contribution in [0.4, 0.5) is 0 Å². The fourth-order valence-corrected chi connectivity index (χ4v) is 3.79. The van der Waals surface area contributed by atoms with E-state index in [4.69, 9.17) is 4.74 Å². The topological polar surface area (TPSA) is 68.3 Å². The van der Waals surface area contributed by atoms with Crippen molar-refractivity contribution in [1.29, 1.82) is 0 Å². The molecule has 1 aliphatic heterocycles. The third-order valence-electron chi connectivity index (χ3n) is 3.63. The van der Waals surface area contributed by atoms with E-state index < -0.39 is 10.0 Å². The SMILES string of the molecule is Cc1cnc2c(S(=O)(=O)NC[C@H]3CCCO3)cccc2c1. The molecule has 1 atom stereocenters. The van der Waals surface area contributed by atoms with Gasteiger partial charge in [-0.05, 0) is 37.5 Å². The Balaban J connectivity index is 1.91. The van der Waals surface area contributed by atoms with Crippen molar-refractivity contribution in [2.24, 2.45) is 0 Å². The van der Waals surface area contributed by atoms with Crippen molar-refractivity contribution in [3.8, 4) is 0 Å².